The number of aryl methyl sites for hydroxylation is 1. The van der Waals surface area contributed by atoms with E-state index in [1.54, 1.807) is 19.2 Å². The van der Waals surface area contributed by atoms with Gasteiger partial charge in [-0.15, -0.1) is 0 Å². The van der Waals surface area contributed by atoms with E-state index in [-0.39, 0.29) is 11.8 Å². The van der Waals surface area contributed by atoms with E-state index >= 15 is 0 Å². The van der Waals surface area contributed by atoms with E-state index < -0.39 is 0 Å². The summed E-state index contributed by atoms with van der Waals surface area (Å²) >= 11 is 1.48. The summed E-state index contributed by atoms with van der Waals surface area (Å²) in [5.74, 6) is -0.137. The normalized spacial score (nSPS) is 14.2. The number of fused-ring (bicyclic) bond motifs is 1. The Hall–Kier alpha value is -3.35. The zero-order valence-corrected chi connectivity index (χ0v) is 20.2. The number of para-hydroxylation sites is 1. The van der Waals surface area contributed by atoms with E-state index in [1.165, 1.54) is 17.3 Å². The van der Waals surface area contributed by atoms with Gasteiger partial charge < -0.3 is 15.0 Å². The molecule has 1 heterocycles. The molecular weight excluding hydrogens is 444 g/mol. The lowest BCUT2D eigenvalue weighted by Gasteiger charge is -2.30. The van der Waals surface area contributed by atoms with Crippen molar-refractivity contribution in [2.24, 2.45) is 0 Å². The van der Waals surface area contributed by atoms with Crippen LogP contribution in [0.5, 0.6) is 0 Å². The fourth-order valence-corrected chi connectivity index (χ4v) is 4.87. The molecule has 174 valence electrons. The van der Waals surface area contributed by atoms with Crippen molar-refractivity contribution >= 4 is 35.3 Å². The summed E-state index contributed by atoms with van der Waals surface area (Å²) in [4.78, 5) is 29.3. The number of ether oxygens (including phenoxy) is 1. The van der Waals surface area contributed by atoms with Gasteiger partial charge in [0.05, 0.1) is 17.1 Å². The molecule has 0 aromatic heterocycles. The number of hydrogen-bond acceptors (Lipinski definition) is 4. The molecule has 6 heteroatoms. The van der Waals surface area contributed by atoms with Gasteiger partial charge in [-0.25, -0.2) is 0 Å². The number of nitrogens with one attached hydrogen (secondary N) is 1. The van der Waals surface area contributed by atoms with Crippen LogP contribution in [0.25, 0.3) is 6.08 Å². The van der Waals surface area contributed by atoms with Crippen molar-refractivity contribution < 1.29 is 14.3 Å². The molecule has 1 N–H and O–H groups in total. The Kier molecular flexibility index (Phi) is 7.83. The van der Waals surface area contributed by atoms with Gasteiger partial charge in [0, 0.05) is 30.7 Å². The topological polar surface area (TPSA) is 58.6 Å². The third-order valence-electron chi connectivity index (χ3n) is 5.54. The van der Waals surface area contributed by atoms with Crippen molar-refractivity contribution in [2.45, 2.75) is 24.8 Å². The monoisotopic (exact) mass is 472 g/mol. The molecule has 1 aliphatic rings. The van der Waals surface area contributed by atoms with E-state index in [0.29, 0.717) is 30.2 Å². The first-order valence-electron chi connectivity index (χ1n) is 11.3. The second-order valence-electron chi connectivity index (χ2n) is 8.18. The van der Waals surface area contributed by atoms with Gasteiger partial charge in [0.15, 0.2) is 0 Å². The number of methoxy groups -OCH3 is 1. The van der Waals surface area contributed by atoms with Crippen LogP contribution in [0.2, 0.25) is 0 Å². The van der Waals surface area contributed by atoms with Crippen molar-refractivity contribution in [3.8, 4) is 0 Å². The molecule has 0 atom stereocenters. The summed E-state index contributed by atoms with van der Waals surface area (Å²) in [5, 5.41) is 2.89. The van der Waals surface area contributed by atoms with E-state index in [1.807, 2.05) is 59.5 Å². The molecule has 0 radical (unpaired) electrons. The molecular formula is C28H28N2O3S. The summed E-state index contributed by atoms with van der Waals surface area (Å²) < 4.78 is 5.00. The summed E-state index contributed by atoms with van der Waals surface area (Å²) in [6.45, 7) is 3.75. The Bertz CT molecular complexity index is 1200. The van der Waals surface area contributed by atoms with Gasteiger partial charge in [-0.1, -0.05) is 65.9 Å². The molecule has 5 nitrogen and oxygen atoms in total. The van der Waals surface area contributed by atoms with E-state index in [2.05, 4.69) is 24.4 Å². The third-order valence-corrected chi connectivity index (χ3v) is 6.61. The number of amides is 2. The Morgan fingerprint density at radius 1 is 1.06 bits per heavy atom. The average Bonchev–Trinajstić information content (AvgIpc) is 2.85. The van der Waals surface area contributed by atoms with Gasteiger partial charge in [-0.2, -0.15) is 0 Å². The SMILES string of the molecule is COCCCNC(=O)c1ccc(C=C2Sc3ccccc3N(Cc3cccc(C)c3)C2=O)cc1. The standard InChI is InChI=1S/C28H28N2O3S/c1-20-7-5-8-22(17-20)19-30-24-9-3-4-10-25(24)34-26(28(30)32)18-21-11-13-23(14-12-21)27(31)29-15-6-16-33-2/h3-5,7-14,17-18H,6,15-16,19H2,1-2H3,(H,29,31). The predicted octanol–water partition coefficient (Wildman–Crippen LogP) is 5.44. The van der Waals surface area contributed by atoms with Crippen LogP contribution in [0.15, 0.2) is 82.6 Å². The number of nitrogens with zero attached hydrogens (tertiary/aromatic N) is 1. The smallest absolute Gasteiger partial charge is 0.265 e. The minimum atomic E-state index is -0.114. The molecule has 0 fully saturated rings. The fourth-order valence-electron chi connectivity index (χ4n) is 3.81. The van der Waals surface area contributed by atoms with Gasteiger partial charge in [-0.3, -0.25) is 9.59 Å². The summed E-state index contributed by atoms with van der Waals surface area (Å²) in [6.07, 6.45) is 2.67. The first-order valence-corrected chi connectivity index (χ1v) is 12.1. The van der Waals surface area contributed by atoms with Crippen molar-refractivity contribution in [1.82, 2.24) is 5.32 Å². The van der Waals surface area contributed by atoms with Crippen molar-refractivity contribution in [3.63, 3.8) is 0 Å². The minimum Gasteiger partial charge on any atom is -0.385 e. The first kappa shape index (κ1) is 23.8. The summed E-state index contributed by atoms with van der Waals surface area (Å²) in [5.41, 5.74) is 4.66. The number of rotatable bonds is 8. The quantitative estimate of drug-likeness (QED) is 0.350. The molecule has 1 aliphatic heterocycles. The van der Waals surface area contributed by atoms with E-state index in [9.17, 15) is 9.59 Å². The van der Waals surface area contributed by atoms with Gasteiger partial charge in [0.25, 0.3) is 11.8 Å². The van der Waals surface area contributed by atoms with Crippen LogP contribution in [-0.2, 0) is 16.1 Å². The maximum atomic E-state index is 13.5. The molecule has 0 aliphatic carbocycles. The van der Waals surface area contributed by atoms with Gasteiger partial charge in [-0.05, 0) is 54.8 Å². The highest BCUT2D eigenvalue weighted by atomic mass is 32.2. The molecule has 0 spiro atoms. The highest BCUT2D eigenvalue weighted by Crippen LogP contribution is 2.42. The van der Waals surface area contributed by atoms with Crippen molar-refractivity contribution in [3.05, 3.63) is 100.0 Å². The van der Waals surface area contributed by atoms with E-state index in [4.69, 9.17) is 4.74 Å². The Labute approximate surface area is 204 Å². The summed E-state index contributed by atoms with van der Waals surface area (Å²) in [6, 6.07) is 23.5. The van der Waals surface area contributed by atoms with Crippen molar-refractivity contribution in [1.29, 1.82) is 0 Å². The Morgan fingerprint density at radius 3 is 2.62 bits per heavy atom. The van der Waals surface area contributed by atoms with Crippen LogP contribution >= 0.6 is 11.8 Å². The highest BCUT2D eigenvalue weighted by molar-refractivity contribution is 8.04. The van der Waals surface area contributed by atoms with Crippen molar-refractivity contribution in [2.75, 3.05) is 25.2 Å². The number of anilines is 1. The molecule has 4 rings (SSSR count). The Balaban J connectivity index is 1.54. The Morgan fingerprint density at radius 2 is 1.85 bits per heavy atom. The lowest BCUT2D eigenvalue weighted by molar-refractivity contribution is -0.114. The third kappa shape index (κ3) is 5.76. The van der Waals surface area contributed by atoms with Crippen LogP contribution in [0.1, 0.15) is 33.5 Å². The molecule has 3 aromatic rings. The van der Waals surface area contributed by atoms with E-state index in [0.717, 1.165) is 28.1 Å². The number of hydrogen-bond donors (Lipinski definition) is 1. The number of benzene rings is 3. The molecule has 0 bridgehead atoms. The maximum Gasteiger partial charge on any atom is 0.265 e. The molecule has 2 amide bonds. The fraction of sp³-hybridized carbons (Fsp3) is 0.214. The van der Waals surface area contributed by atoms with Gasteiger partial charge in [0.2, 0.25) is 0 Å². The predicted molar refractivity (Wildman–Crippen MR) is 138 cm³/mol. The van der Waals surface area contributed by atoms with Crippen LogP contribution < -0.4 is 10.2 Å². The molecule has 0 unspecified atom stereocenters. The summed E-state index contributed by atoms with van der Waals surface area (Å²) in [7, 11) is 1.64. The molecule has 0 saturated carbocycles. The lowest BCUT2D eigenvalue weighted by atomic mass is 10.1. The van der Waals surface area contributed by atoms with Gasteiger partial charge in [0.1, 0.15) is 0 Å². The zero-order chi connectivity index (χ0) is 23.9. The lowest BCUT2D eigenvalue weighted by Crippen LogP contribution is -2.33. The second-order valence-corrected chi connectivity index (χ2v) is 9.27. The largest absolute Gasteiger partial charge is 0.385 e. The average molecular weight is 473 g/mol. The zero-order valence-electron chi connectivity index (χ0n) is 19.4. The molecule has 0 saturated heterocycles. The number of carbonyl (C=O) groups is 2. The van der Waals surface area contributed by atoms with Crippen LogP contribution in [0, 0.1) is 6.92 Å². The molecule has 34 heavy (non-hydrogen) atoms. The van der Waals surface area contributed by atoms with Crippen LogP contribution in [0.4, 0.5) is 5.69 Å². The number of thioether (sulfide) groups is 1. The maximum absolute atomic E-state index is 13.5. The molecule has 3 aromatic carbocycles. The second kappa shape index (κ2) is 11.2. The van der Waals surface area contributed by atoms with Gasteiger partial charge >= 0.3 is 0 Å². The van der Waals surface area contributed by atoms with Crippen LogP contribution in [-0.4, -0.2) is 32.1 Å². The highest BCUT2D eigenvalue weighted by Gasteiger charge is 2.29. The number of carbonyl (C=O) groups excluding carboxylic acids is 2. The first-order chi connectivity index (χ1) is 16.5. The van der Waals surface area contributed by atoms with Crippen LogP contribution in [0.3, 0.4) is 0 Å². The minimum absolute atomic E-state index is 0.0230.